The average Bonchev–Trinajstić information content (AvgIpc) is 3.40. The van der Waals surface area contributed by atoms with E-state index >= 15 is 0 Å². The molecule has 0 radical (unpaired) electrons. The molecule has 1 unspecified atom stereocenters. The van der Waals surface area contributed by atoms with Crippen LogP contribution in [0, 0.1) is 6.92 Å². The van der Waals surface area contributed by atoms with Gasteiger partial charge >= 0.3 is 0 Å². The van der Waals surface area contributed by atoms with Crippen molar-refractivity contribution < 1.29 is 18.4 Å². The number of rotatable bonds is 5. The first-order valence-corrected chi connectivity index (χ1v) is 8.76. The largest absolute Gasteiger partial charge is 0.467 e. The predicted octanol–water partition coefficient (Wildman–Crippen LogP) is 2.28. The van der Waals surface area contributed by atoms with Crippen molar-refractivity contribution in [3.8, 4) is 0 Å². The smallest absolute Gasteiger partial charge is 0.290 e. The van der Waals surface area contributed by atoms with Gasteiger partial charge in [0.25, 0.3) is 5.91 Å². The van der Waals surface area contributed by atoms with E-state index in [9.17, 15) is 9.59 Å². The van der Waals surface area contributed by atoms with E-state index in [0.29, 0.717) is 31.2 Å². The molecule has 1 N–H and O–H groups in total. The molecule has 3 aromatic heterocycles. The lowest BCUT2D eigenvalue weighted by atomic mass is 10.1. The summed E-state index contributed by atoms with van der Waals surface area (Å²) in [7, 11) is 0. The van der Waals surface area contributed by atoms with Crippen LogP contribution in [-0.2, 0) is 17.9 Å². The monoisotopic (exact) mass is 368 g/mol. The summed E-state index contributed by atoms with van der Waals surface area (Å²) in [5.74, 6) is 0.730. The fraction of sp³-hybridized carbons (Fsp3) is 0.316. The van der Waals surface area contributed by atoms with Crippen LogP contribution < -0.4 is 5.32 Å². The number of carbonyl (C=O) groups excluding carboxylic acids is 2. The van der Waals surface area contributed by atoms with Gasteiger partial charge in [-0.2, -0.15) is 5.10 Å². The molecule has 0 bridgehead atoms. The topological polar surface area (TPSA) is 93.5 Å². The van der Waals surface area contributed by atoms with Crippen molar-refractivity contribution in [2.75, 3.05) is 6.54 Å². The Labute approximate surface area is 155 Å². The molecule has 1 aliphatic heterocycles. The third kappa shape index (κ3) is 3.51. The van der Waals surface area contributed by atoms with Crippen LogP contribution in [0.15, 0.2) is 51.8 Å². The highest BCUT2D eigenvalue weighted by atomic mass is 16.3. The zero-order valence-corrected chi connectivity index (χ0v) is 14.9. The Hall–Kier alpha value is -3.29. The number of hydrogen-bond acceptors (Lipinski definition) is 5. The lowest BCUT2D eigenvalue weighted by Gasteiger charge is -2.33. The first-order chi connectivity index (χ1) is 13.1. The molecule has 8 heteroatoms. The highest BCUT2D eigenvalue weighted by Gasteiger charge is 2.32. The second-order valence-corrected chi connectivity index (χ2v) is 6.60. The molecular weight excluding hydrogens is 348 g/mol. The number of nitrogens with one attached hydrogen (secondary N) is 1. The van der Waals surface area contributed by atoms with Gasteiger partial charge in [0.15, 0.2) is 5.76 Å². The first kappa shape index (κ1) is 17.1. The van der Waals surface area contributed by atoms with Gasteiger partial charge in [-0.1, -0.05) is 0 Å². The Bertz CT molecular complexity index is 941. The van der Waals surface area contributed by atoms with Crippen LogP contribution in [0.1, 0.15) is 40.0 Å². The lowest BCUT2D eigenvalue weighted by Crippen LogP contribution is -2.43. The Morgan fingerprint density at radius 1 is 1.26 bits per heavy atom. The van der Waals surface area contributed by atoms with Crippen molar-refractivity contribution in [1.82, 2.24) is 20.0 Å². The zero-order chi connectivity index (χ0) is 18.8. The van der Waals surface area contributed by atoms with E-state index < -0.39 is 0 Å². The van der Waals surface area contributed by atoms with Gasteiger partial charge < -0.3 is 19.1 Å². The molecule has 1 aliphatic rings. The molecule has 0 fully saturated rings. The van der Waals surface area contributed by atoms with E-state index in [4.69, 9.17) is 8.83 Å². The number of amides is 2. The van der Waals surface area contributed by atoms with Gasteiger partial charge in [0.2, 0.25) is 5.91 Å². The maximum absolute atomic E-state index is 12.8. The van der Waals surface area contributed by atoms with Crippen molar-refractivity contribution in [2.24, 2.45) is 0 Å². The van der Waals surface area contributed by atoms with E-state index in [1.807, 2.05) is 17.7 Å². The Balaban J connectivity index is 1.46. The van der Waals surface area contributed by atoms with E-state index in [2.05, 4.69) is 10.4 Å². The quantitative estimate of drug-likeness (QED) is 0.746. The molecule has 8 nitrogen and oxygen atoms in total. The molecule has 0 saturated carbocycles. The molecule has 4 rings (SSSR count). The molecule has 0 aliphatic carbocycles. The van der Waals surface area contributed by atoms with Crippen LogP contribution in [0.5, 0.6) is 0 Å². The molecule has 0 spiro atoms. The fourth-order valence-electron chi connectivity index (χ4n) is 3.31. The summed E-state index contributed by atoms with van der Waals surface area (Å²) >= 11 is 0. The highest BCUT2D eigenvalue weighted by molar-refractivity contribution is 5.93. The number of carbonyl (C=O) groups is 2. The second kappa shape index (κ2) is 7.14. The van der Waals surface area contributed by atoms with Crippen molar-refractivity contribution in [3.63, 3.8) is 0 Å². The zero-order valence-electron chi connectivity index (χ0n) is 14.9. The summed E-state index contributed by atoms with van der Waals surface area (Å²) < 4.78 is 12.4. The molecule has 1 atom stereocenters. The van der Waals surface area contributed by atoms with Crippen molar-refractivity contribution in [1.29, 1.82) is 0 Å². The molecule has 2 amide bonds. The first-order valence-electron chi connectivity index (χ1n) is 8.76. The molecule has 140 valence electrons. The van der Waals surface area contributed by atoms with Gasteiger partial charge in [-0.25, -0.2) is 0 Å². The number of aromatic nitrogens is 2. The SMILES string of the molecule is Cc1ccoc1C(=O)N1Cc2ccnn2C(CC(=O)NCc2ccco2)C1. The molecule has 0 aromatic carbocycles. The lowest BCUT2D eigenvalue weighted by molar-refractivity contribution is -0.122. The van der Waals surface area contributed by atoms with E-state index in [1.165, 1.54) is 6.26 Å². The Kier molecular flexibility index (Phi) is 4.53. The van der Waals surface area contributed by atoms with Gasteiger partial charge in [-0.15, -0.1) is 0 Å². The highest BCUT2D eigenvalue weighted by Crippen LogP contribution is 2.25. The third-order valence-corrected chi connectivity index (χ3v) is 4.69. The minimum Gasteiger partial charge on any atom is -0.467 e. The van der Waals surface area contributed by atoms with E-state index in [1.54, 1.807) is 35.6 Å². The Morgan fingerprint density at radius 3 is 2.89 bits per heavy atom. The van der Waals surface area contributed by atoms with E-state index in [-0.39, 0.29) is 24.3 Å². The summed E-state index contributed by atoms with van der Waals surface area (Å²) in [5.41, 5.74) is 1.69. The molecule has 3 aromatic rings. The maximum atomic E-state index is 12.8. The van der Waals surface area contributed by atoms with Crippen LogP contribution >= 0.6 is 0 Å². The van der Waals surface area contributed by atoms with Gasteiger partial charge in [-0.3, -0.25) is 14.3 Å². The van der Waals surface area contributed by atoms with Crippen LogP contribution in [0.4, 0.5) is 0 Å². The number of aryl methyl sites for hydroxylation is 1. The fourth-order valence-corrected chi connectivity index (χ4v) is 3.31. The number of nitrogens with zero attached hydrogens (tertiary/aromatic N) is 3. The van der Waals surface area contributed by atoms with Crippen LogP contribution in [0.2, 0.25) is 0 Å². The van der Waals surface area contributed by atoms with Gasteiger partial charge in [0.1, 0.15) is 5.76 Å². The molecule has 27 heavy (non-hydrogen) atoms. The van der Waals surface area contributed by atoms with Crippen LogP contribution in [0.25, 0.3) is 0 Å². The second-order valence-electron chi connectivity index (χ2n) is 6.60. The standard InChI is InChI=1S/C19H20N4O4/c1-13-5-8-27-18(13)19(25)22-11-14-4-6-21-23(14)15(12-22)9-17(24)20-10-16-3-2-7-26-16/h2-8,15H,9-12H2,1H3,(H,20,24). The number of fused-ring (bicyclic) bond motifs is 1. The number of hydrogen-bond donors (Lipinski definition) is 1. The number of furan rings is 2. The molecule has 4 heterocycles. The molecular formula is C19H20N4O4. The Morgan fingerprint density at radius 2 is 2.15 bits per heavy atom. The van der Waals surface area contributed by atoms with Gasteiger partial charge in [-0.05, 0) is 31.2 Å². The predicted molar refractivity (Wildman–Crippen MR) is 94.6 cm³/mol. The minimum absolute atomic E-state index is 0.124. The summed E-state index contributed by atoms with van der Waals surface area (Å²) in [6.45, 7) is 2.99. The van der Waals surface area contributed by atoms with Crippen LogP contribution in [-0.4, -0.2) is 33.0 Å². The normalized spacial score (nSPS) is 16.2. The van der Waals surface area contributed by atoms with Gasteiger partial charge in [0, 0.05) is 18.3 Å². The van der Waals surface area contributed by atoms with E-state index in [0.717, 1.165) is 11.3 Å². The average molecular weight is 368 g/mol. The summed E-state index contributed by atoms with van der Waals surface area (Å²) in [6, 6.07) is 6.97. The van der Waals surface area contributed by atoms with Crippen molar-refractivity contribution >= 4 is 11.8 Å². The van der Waals surface area contributed by atoms with Crippen molar-refractivity contribution in [2.45, 2.75) is 32.5 Å². The van der Waals surface area contributed by atoms with Crippen molar-refractivity contribution in [3.05, 3.63) is 65.8 Å². The summed E-state index contributed by atoms with van der Waals surface area (Å²) in [5, 5.41) is 7.17. The van der Waals surface area contributed by atoms with Crippen LogP contribution in [0.3, 0.4) is 0 Å². The third-order valence-electron chi connectivity index (χ3n) is 4.69. The minimum atomic E-state index is -0.237. The summed E-state index contributed by atoms with van der Waals surface area (Å²) in [6.07, 6.45) is 4.99. The maximum Gasteiger partial charge on any atom is 0.290 e. The molecule has 0 saturated heterocycles. The summed E-state index contributed by atoms with van der Waals surface area (Å²) in [4.78, 5) is 26.9. The van der Waals surface area contributed by atoms with Gasteiger partial charge in [0.05, 0.1) is 43.8 Å².